The average molecular weight is 362 g/mol. The van der Waals surface area contributed by atoms with E-state index in [0.717, 1.165) is 22.8 Å². The van der Waals surface area contributed by atoms with Crippen LogP contribution in [0.4, 0.5) is 11.4 Å². The lowest BCUT2D eigenvalue weighted by Gasteiger charge is -2.11. The summed E-state index contributed by atoms with van der Waals surface area (Å²) in [6.07, 6.45) is 5.05. The first-order valence-corrected chi connectivity index (χ1v) is 8.77. The number of anilines is 2. The number of carbonyl (C=O) groups excluding carboxylic acids is 1. The van der Waals surface area contributed by atoms with Gasteiger partial charge >= 0.3 is 0 Å². The summed E-state index contributed by atoms with van der Waals surface area (Å²) in [7, 11) is 0. The fourth-order valence-corrected chi connectivity index (χ4v) is 2.46. The van der Waals surface area contributed by atoms with Gasteiger partial charge in [-0.15, -0.1) is 0 Å². The fourth-order valence-electron chi connectivity index (χ4n) is 2.46. The minimum absolute atomic E-state index is 0.134. The zero-order valence-electron chi connectivity index (χ0n) is 15.3. The Balaban J connectivity index is 1.62. The lowest BCUT2D eigenvalue weighted by atomic mass is 10.2. The number of hydrogen-bond donors (Lipinski definition) is 2. The number of nitrogens with one attached hydrogen (secondary N) is 2. The van der Waals surface area contributed by atoms with Crippen molar-refractivity contribution in [1.29, 1.82) is 0 Å². The third-order valence-electron chi connectivity index (χ3n) is 3.67. The van der Waals surface area contributed by atoms with Gasteiger partial charge in [0.2, 0.25) is 0 Å². The number of carbonyl (C=O) groups is 1. The van der Waals surface area contributed by atoms with E-state index in [1.165, 1.54) is 0 Å². The van der Waals surface area contributed by atoms with Crippen LogP contribution >= 0.6 is 0 Å². The van der Waals surface area contributed by atoms with Crippen molar-refractivity contribution in [3.05, 3.63) is 78.4 Å². The van der Waals surface area contributed by atoms with E-state index in [-0.39, 0.29) is 12.0 Å². The molecule has 0 unspecified atom stereocenters. The van der Waals surface area contributed by atoms with E-state index in [0.29, 0.717) is 12.1 Å². The molecule has 0 atom stereocenters. The topological polar surface area (TPSA) is 76.1 Å². The lowest BCUT2D eigenvalue weighted by Crippen LogP contribution is -2.23. The molecule has 6 heteroatoms. The molecule has 3 aromatic rings. The number of hydrogen-bond acceptors (Lipinski definition) is 5. The Morgan fingerprint density at radius 2 is 1.89 bits per heavy atom. The highest BCUT2D eigenvalue weighted by molar-refractivity contribution is 5.94. The van der Waals surface area contributed by atoms with Crippen LogP contribution in [0.15, 0.2) is 67.1 Å². The molecule has 2 heterocycles. The van der Waals surface area contributed by atoms with Crippen LogP contribution < -0.4 is 15.4 Å². The molecule has 0 radical (unpaired) electrons. The third kappa shape index (κ3) is 5.54. The van der Waals surface area contributed by atoms with E-state index in [4.69, 9.17) is 4.74 Å². The van der Waals surface area contributed by atoms with Crippen LogP contribution in [0.1, 0.15) is 29.9 Å². The Morgan fingerprint density at radius 1 is 1.07 bits per heavy atom. The van der Waals surface area contributed by atoms with Gasteiger partial charge in [0.25, 0.3) is 5.91 Å². The first-order valence-electron chi connectivity index (χ1n) is 8.77. The van der Waals surface area contributed by atoms with Gasteiger partial charge in [-0.3, -0.25) is 14.8 Å². The van der Waals surface area contributed by atoms with Gasteiger partial charge in [-0.25, -0.2) is 0 Å². The molecule has 3 rings (SSSR count). The van der Waals surface area contributed by atoms with Crippen LogP contribution in [0.25, 0.3) is 0 Å². The van der Waals surface area contributed by atoms with Gasteiger partial charge in [-0.1, -0.05) is 6.07 Å². The van der Waals surface area contributed by atoms with Crippen LogP contribution in [0, 0.1) is 0 Å². The highest BCUT2D eigenvalue weighted by atomic mass is 16.5. The third-order valence-corrected chi connectivity index (χ3v) is 3.67. The standard InChI is InChI=1S/C21H22N4O2/c1-15(2)27-20-8-6-17(7-9-20)25-19-11-16(12-22-13-19)21(26)24-14-18-5-3-4-10-23-18/h3-13,15,25H,14H2,1-2H3,(H,24,26). The number of amides is 1. The van der Waals surface area contributed by atoms with Crippen molar-refractivity contribution in [3.63, 3.8) is 0 Å². The summed E-state index contributed by atoms with van der Waals surface area (Å²) in [5.74, 6) is 0.619. The Bertz CT molecular complexity index is 880. The van der Waals surface area contributed by atoms with Crippen molar-refractivity contribution in [2.24, 2.45) is 0 Å². The molecular weight excluding hydrogens is 340 g/mol. The van der Waals surface area contributed by atoms with Gasteiger partial charge < -0.3 is 15.4 Å². The molecule has 27 heavy (non-hydrogen) atoms. The van der Waals surface area contributed by atoms with Crippen molar-refractivity contribution in [1.82, 2.24) is 15.3 Å². The molecule has 0 aliphatic heterocycles. The molecule has 0 spiro atoms. The van der Waals surface area contributed by atoms with Crippen molar-refractivity contribution in [2.45, 2.75) is 26.5 Å². The quantitative estimate of drug-likeness (QED) is 0.666. The van der Waals surface area contributed by atoms with Crippen LogP contribution in [0.3, 0.4) is 0 Å². The molecule has 1 aromatic carbocycles. The molecule has 0 bridgehead atoms. The van der Waals surface area contributed by atoms with Gasteiger partial charge in [-0.05, 0) is 56.3 Å². The maximum absolute atomic E-state index is 12.3. The van der Waals surface area contributed by atoms with Crippen LogP contribution in [-0.4, -0.2) is 22.0 Å². The molecule has 0 aliphatic rings. The molecular formula is C21H22N4O2. The van der Waals surface area contributed by atoms with Crippen LogP contribution in [-0.2, 0) is 6.54 Å². The molecule has 0 aliphatic carbocycles. The SMILES string of the molecule is CC(C)Oc1ccc(Nc2cncc(C(=O)NCc3ccccn3)c2)cc1. The Labute approximate surface area is 158 Å². The minimum Gasteiger partial charge on any atom is -0.491 e. The number of pyridine rings is 2. The molecule has 0 fully saturated rings. The van der Waals surface area contributed by atoms with Crippen LogP contribution in [0.2, 0.25) is 0 Å². The summed E-state index contributed by atoms with van der Waals surface area (Å²) in [6.45, 7) is 4.35. The summed E-state index contributed by atoms with van der Waals surface area (Å²) in [5, 5.41) is 6.09. The second kappa shape index (κ2) is 8.80. The van der Waals surface area contributed by atoms with E-state index < -0.39 is 0 Å². The minimum atomic E-state index is -0.197. The maximum Gasteiger partial charge on any atom is 0.253 e. The molecule has 6 nitrogen and oxygen atoms in total. The van der Waals surface area contributed by atoms with Gasteiger partial charge in [0.05, 0.1) is 35.8 Å². The molecule has 0 saturated heterocycles. The fraction of sp³-hybridized carbons (Fsp3) is 0.190. The first kappa shape index (κ1) is 18.4. The monoisotopic (exact) mass is 362 g/mol. The number of ether oxygens (including phenoxy) is 1. The van der Waals surface area contributed by atoms with Crippen molar-refractivity contribution in [3.8, 4) is 5.75 Å². The highest BCUT2D eigenvalue weighted by Crippen LogP contribution is 2.21. The van der Waals surface area contributed by atoms with Gasteiger partial charge in [0.1, 0.15) is 5.75 Å². The molecule has 2 aromatic heterocycles. The second-order valence-corrected chi connectivity index (χ2v) is 6.28. The molecule has 1 amide bonds. The van der Waals surface area contributed by atoms with Crippen molar-refractivity contribution >= 4 is 17.3 Å². The van der Waals surface area contributed by atoms with Gasteiger partial charge in [0.15, 0.2) is 0 Å². The maximum atomic E-state index is 12.3. The summed E-state index contributed by atoms with van der Waals surface area (Å²) >= 11 is 0. The Hall–Kier alpha value is -3.41. The van der Waals surface area contributed by atoms with Crippen molar-refractivity contribution in [2.75, 3.05) is 5.32 Å². The predicted molar refractivity (Wildman–Crippen MR) is 105 cm³/mol. The Morgan fingerprint density at radius 3 is 2.59 bits per heavy atom. The van der Waals surface area contributed by atoms with Gasteiger partial charge in [-0.2, -0.15) is 0 Å². The number of rotatable bonds is 7. The predicted octanol–water partition coefficient (Wildman–Crippen LogP) is 3.94. The molecule has 2 N–H and O–H groups in total. The lowest BCUT2D eigenvalue weighted by molar-refractivity contribution is 0.0950. The van der Waals surface area contributed by atoms with E-state index >= 15 is 0 Å². The van der Waals surface area contributed by atoms with E-state index in [1.54, 1.807) is 24.7 Å². The van der Waals surface area contributed by atoms with E-state index in [1.807, 2.05) is 56.3 Å². The number of nitrogens with zero attached hydrogens (tertiary/aromatic N) is 2. The van der Waals surface area contributed by atoms with E-state index in [9.17, 15) is 4.79 Å². The zero-order valence-corrected chi connectivity index (χ0v) is 15.3. The zero-order chi connectivity index (χ0) is 19.1. The summed E-state index contributed by atoms with van der Waals surface area (Å²) in [4.78, 5) is 20.7. The normalized spacial score (nSPS) is 10.5. The molecule has 138 valence electrons. The second-order valence-electron chi connectivity index (χ2n) is 6.28. The highest BCUT2D eigenvalue weighted by Gasteiger charge is 2.08. The average Bonchev–Trinajstić information content (AvgIpc) is 2.68. The summed E-state index contributed by atoms with van der Waals surface area (Å²) < 4.78 is 5.64. The summed E-state index contributed by atoms with van der Waals surface area (Å²) in [6, 6.07) is 15.0. The number of benzene rings is 1. The van der Waals surface area contributed by atoms with Gasteiger partial charge in [0, 0.05) is 18.1 Å². The van der Waals surface area contributed by atoms with Crippen molar-refractivity contribution < 1.29 is 9.53 Å². The van der Waals surface area contributed by atoms with E-state index in [2.05, 4.69) is 20.6 Å². The smallest absolute Gasteiger partial charge is 0.253 e. The first-order chi connectivity index (χ1) is 13.1. The largest absolute Gasteiger partial charge is 0.491 e. The molecule has 0 saturated carbocycles. The number of aromatic nitrogens is 2. The summed E-state index contributed by atoms with van der Waals surface area (Å²) in [5.41, 5.74) is 2.91. The van der Waals surface area contributed by atoms with Crippen LogP contribution in [0.5, 0.6) is 5.75 Å². The Kier molecular flexibility index (Phi) is 5.99.